The van der Waals surface area contributed by atoms with Crippen molar-refractivity contribution in [1.82, 2.24) is 0 Å². The average molecular weight is 190 g/mol. The molecule has 14 heavy (non-hydrogen) atoms. The molecular weight excluding hydrogens is 168 g/mol. The van der Waals surface area contributed by atoms with E-state index in [0.29, 0.717) is 11.8 Å². The van der Waals surface area contributed by atoms with E-state index in [9.17, 15) is 0 Å². The molecule has 0 nitrogen and oxygen atoms in total. The molecule has 0 aliphatic rings. The summed E-state index contributed by atoms with van der Waals surface area (Å²) in [6.07, 6.45) is 1.14. The summed E-state index contributed by atoms with van der Waals surface area (Å²) in [5.41, 5.74) is 4.43. The van der Waals surface area contributed by atoms with Gasteiger partial charge in [-0.15, -0.1) is 0 Å². The molecule has 0 heterocycles. The molecule has 0 unspecified atom stereocenters. The van der Waals surface area contributed by atoms with Crippen LogP contribution in [-0.2, 0) is 6.42 Å². The molecule has 0 radical (unpaired) electrons. The Morgan fingerprint density at radius 3 is 1.57 bits per heavy atom. The van der Waals surface area contributed by atoms with Crippen molar-refractivity contribution in [2.45, 2.75) is 52.9 Å². The second-order valence-corrected chi connectivity index (χ2v) is 4.67. The van der Waals surface area contributed by atoms with Gasteiger partial charge in [0.1, 0.15) is 0 Å². The molecule has 0 saturated heterocycles. The van der Waals surface area contributed by atoms with Gasteiger partial charge in [-0.2, -0.15) is 0 Å². The fourth-order valence-corrected chi connectivity index (χ4v) is 1.62. The topological polar surface area (TPSA) is 0 Å². The molecule has 78 valence electrons. The van der Waals surface area contributed by atoms with E-state index < -0.39 is 0 Å². The van der Waals surface area contributed by atoms with Crippen molar-refractivity contribution in [1.29, 1.82) is 0 Å². The Balaban J connectivity index is 3.13. The van der Waals surface area contributed by atoms with E-state index in [4.69, 9.17) is 0 Å². The third kappa shape index (κ3) is 2.60. The van der Waals surface area contributed by atoms with E-state index >= 15 is 0 Å². The van der Waals surface area contributed by atoms with Crippen LogP contribution in [0.5, 0.6) is 0 Å². The number of hydrogen-bond donors (Lipinski definition) is 0. The van der Waals surface area contributed by atoms with Gasteiger partial charge in [0.2, 0.25) is 0 Å². The van der Waals surface area contributed by atoms with Gasteiger partial charge in [-0.1, -0.05) is 52.8 Å². The smallest absolute Gasteiger partial charge is 0.0219 e. The standard InChI is InChI=1S/C14H22/c1-6-12-7-13(10(2)3)9-14(8-12)11(4)5/h7-11H,6H2,1-5H3. The Morgan fingerprint density at radius 1 is 0.857 bits per heavy atom. The van der Waals surface area contributed by atoms with Gasteiger partial charge in [-0.3, -0.25) is 0 Å². The summed E-state index contributed by atoms with van der Waals surface area (Å²) >= 11 is 0. The minimum Gasteiger partial charge on any atom is -0.0613 e. The van der Waals surface area contributed by atoms with Crippen molar-refractivity contribution in [2.24, 2.45) is 0 Å². The van der Waals surface area contributed by atoms with Crippen molar-refractivity contribution >= 4 is 0 Å². The van der Waals surface area contributed by atoms with Gasteiger partial charge in [-0.25, -0.2) is 0 Å². The van der Waals surface area contributed by atoms with Crippen LogP contribution in [0.1, 0.15) is 63.1 Å². The number of hydrogen-bond acceptors (Lipinski definition) is 0. The SMILES string of the molecule is CCc1cc(C(C)C)cc(C(C)C)c1. The van der Waals surface area contributed by atoms with Gasteiger partial charge in [-0.05, 0) is 34.9 Å². The second-order valence-electron chi connectivity index (χ2n) is 4.67. The van der Waals surface area contributed by atoms with Crippen molar-refractivity contribution < 1.29 is 0 Å². The molecule has 0 aliphatic heterocycles. The maximum atomic E-state index is 2.36. The molecular formula is C14H22. The summed E-state index contributed by atoms with van der Waals surface area (Å²) in [7, 11) is 0. The van der Waals surface area contributed by atoms with Crippen LogP contribution in [0, 0.1) is 0 Å². The average Bonchev–Trinajstić information content (AvgIpc) is 2.16. The van der Waals surface area contributed by atoms with E-state index in [1.165, 1.54) is 16.7 Å². The van der Waals surface area contributed by atoms with E-state index in [2.05, 4.69) is 52.8 Å². The highest BCUT2D eigenvalue weighted by molar-refractivity contribution is 5.33. The first-order chi connectivity index (χ1) is 6.54. The zero-order valence-corrected chi connectivity index (χ0v) is 10.1. The highest BCUT2D eigenvalue weighted by Crippen LogP contribution is 2.23. The minimum atomic E-state index is 0.638. The molecule has 0 spiro atoms. The molecule has 0 N–H and O–H groups in total. The summed E-state index contributed by atoms with van der Waals surface area (Å²) < 4.78 is 0. The largest absolute Gasteiger partial charge is 0.0613 e. The van der Waals surface area contributed by atoms with E-state index in [0.717, 1.165) is 6.42 Å². The normalized spacial score (nSPS) is 11.4. The van der Waals surface area contributed by atoms with Crippen LogP contribution in [0.3, 0.4) is 0 Å². The Labute approximate surface area is 88.4 Å². The molecule has 0 fully saturated rings. The maximum Gasteiger partial charge on any atom is -0.0219 e. The zero-order valence-electron chi connectivity index (χ0n) is 10.1. The summed E-state index contributed by atoms with van der Waals surface area (Å²) in [4.78, 5) is 0. The second kappa shape index (κ2) is 4.63. The summed E-state index contributed by atoms with van der Waals surface area (Å²) in [6, 6.07) is 7.04. The lowest BCUT2D eigenvalue weighted by molar-refractivity contribution is 0.827. The lowest BCUT2D eigenvalue weighted by Crippen LogP contribution is -1.96. The molecule has 0 atom stereocenters. The first-order valence-electron chi connectivity index (χ1n) is 5.68. The Morgan fingerprint density at radius 2 is 1.29 bits per heavy atom. The molecule has 0 saturated carbocycles. The van der Waals surface area contributed by atoms with Gasteiger partial charge >= 0.3 is 0 Å². The molecule has 1 rings (SSSR count). The van der Waals surface area contributed by atoms with Crippen LogP contribution < -0.4 is 0 Å². The highest BCUT2D eigenvalue weighted by Gasteiger charge is 2.05. The van der Waals surface area contributed by atoms with Crippen LogP contribution in [0.15, 0.2) is 18.2 Å². The van der Waals surface area contributed by atoms with E-state index in [1.54, 1.807) is 0 Å². The van der Waals surface area contributed by atoms with Gasteiger partial charge < -0.3 is 0 Å². The van der Waals surface area contributed by atoms with Crippen molar-refractivity contribution in [3.8, 4) is 0 Å². The monoisotopic (exact) mass is 190 g/mol. The summed E-state index contributed by atoms with van der Waals surface area (Å²) in [5, 5.41) is 0. The Kier molecular flexibility index (Phi) is 3.74. The first-order valence-corrected chi connectivity index (χ1v) is 5.68. The van der Waals surface area contributed by atoms with Crippen LogP contribution in [0.2, 0.25) is 0 Å². The van der Waals surface area contributed by atoms with Crippen LogP contribution in [0.25, 0.3) is 0 Å². The molecule has 1 aromatic rings. The van der Waals surface area contributed by atoms with Gasteiger partial charge in [0.15, 0.2) is 0 Å². The highest BCUT2D eigenvalue weighted by atomic mass is 14.1. The predicted octanol–water partition coefficient (Wildman–Crippen LogP) is 4.50. The molecule has 0 heteroatoms. The van der Waals surface area contributed by atoms with Gasteiger partial charge in [0.05, 0.1) is 0 Å². The maximum absolute atomic E-state index is 2.36. The summed E-state index contributed by atoms with van der Waals surface area (Å²) in [6.45, 7) is 11.3. The number of benzene rings is 1. The quantitative estimate of drug-likeness (QED) is 0.658. The molecule has 0 aromatic heterocycles. The number of aryl methyl sites for hydroxylation is 1. The Bertz CT molecular complexity index is 269. The van der Waals surface area contributed by atoms with Crippen LogP contribution >= 0.6 is 0 Å². The van der Waals surface area contributed by atoms with Gasteiger partial charge in [0.25, 0.3) is 0 Å². The van der Waals surface area contributed by atoms with Crippen molar-refractivity contribution in [3.05, 3.63) is 34.9 Å². The van der Waals surface area contributed by atoms with E-state index in [-0.39, 0.29) is 0 Å². The van der Waals surface area contributed by atoms with Crippen LogP contribution in [-0.4, -0.2) is 0 Å². The van der Waals surface area contributed by atoms with Crippen molar-refractivity contribution in [3.63, 3.8) is 0 Å². The third-order valence-electron chi connectivity index (χ3n) is 2.78. The van der Waals surface area contributed by atoms with E-state index in [1.807, 2.05) is 0 Å². The van der Waals surface area contributed by atoms with Crippen LogP contribution in [0.4, 0.5) is 0 Å². The lowest BCUT2D eigenvalue weighted by atomic mass is 9.92. The first kappa shape index (κ1) is 11.3. The Hall–Kier alpha value is -0.780. The minimum absolute atomic E-state index is 0.638. The van der Waals surface area contributed by atoms with Crippen molar-refractivity contribution in [2.75, 3.05) is 0 Å². The third-order valence-corrected chi connectivity index (χ3v) is 2.78. The fraction of sp³-hybridized carbons (Fsp3) is 0.571. The summed E-state index contributed by atoms with van der Waals surface area (Å²) in [5.74, 6) is 1.28. The zero-order chi connectivity index (χ0) is 10.7. The molecule has 0 amide bonds. The van der Waals surface area contributed by atoms with Gasteiger partial charge in [0, 0.05) is 0 Å². The number of rotatable bonds is 3. The molecule has 0 aliphatic carbocycles. The predicted molar refractivity (Wildman–Crippen MR) is 64.0 cm³/mol. The molecule has 0 bridgehead atoms. The lowest BCUT2D eigenvalue weighted by Gasteiger charge is -2.13. The fourth-order valence-electron chi connectivity index (χ4n) is 1.62. The molecule has 1 aromatic carbocycles.